The normalized spacial score (nSPS) is 9.90. The second kappa shape index (κ2) is 6.67. The minimum Gasteiger partial charge on any atom is -0.489 e. The predicted molar refractivity (Wildman–Crippen MR) is 84.3 cm³/mol. The summed E-state index contributed by atoms with van der Waals surface area (Å²) in [4.78, 5) is 10.5. The molecule has 3 N–H and O–H groups in total. The Labute approximate surface area is 126 Å². The molecule has 0 unspecified atom stereocenters. The Balaban J connectivity index is 2.16. The Bertz CT molecular complexity index is 662. The molecule has 0 heterocycles. The van der Waals surface area contributed by atoms with E-state index in [9.17, 15) is 10.1 Å². The van der Waals surface area contributed by atoms with E-state index in [4.69, 9.17) is 10.5 Å². The van der Waals surface area contributed by atoms with Gasteiger partial charge in [-0.15, -0.1) is 0 Å². The highest BCUT2D eigenvalue weighted by atomic mass is 32.1. The molecule has 7 heteroatoms. The number of hydrogen-bond acceptors (Lipinski definition) is 4. The van der Waals surface area contributed by atoms with Gasteiger partial charge in [0.25, 0.3) is 5.69 Å². The SMILES string of the molecule is NC(=S)Nc1ccc(OCc2ccccc2)cc1[N+](=O)[O-]. The lowest BCUT2D eigenvalue weighted by Gasteiger charge is -2.09. The van der Waals surface area contributed by atoms with Crippen LogP contribution in [0.5, 0.6) is 5.75 Å². The standard InChI is InChI=1S/C14H13N3O3S/c15-14(21)16-12-7-6-11(8-13(12)17(18)19)20-9-10-4-2-1-3-5-10/h1-8H,9H2,(H3,15,16,21). The van der Waals surface area contributed by atoms with Crippen LogP contribution in [-0.4, -0.2) is 10.0 Å². The van der Waals surface area contributed by atoms with E-state index >= 15 is 0 Å². The molecule has 0 aliphatic carbocycles. The molecule has 0 aliphatic rings. The zero-order chi connectivity index (χ0) is 15.2. The molecule has 6 nitrogen and oxygen atoms in total. The molecular weight excluding hydrogens is 290 g/mol. The first-order chi connectivity index (χ1) is 10.1. The average molecular weight is 303 g/mol. The summed E-state index contributed by atoms with van der Waals surface area (Å²) in [5.74, 6) is 0.402. The molecule has 0 atom stereocenters. The van der Waals surface area contributed by atoms with Crippen LogP contribution in [0.15, 0.2) is 48.5 Å². The Hall–Kier alpha value is -2.67. The predicted octanol–water partition coefficient (Wildman–Crippen LogP) is 2.83. The zero-order valence-corrected chi connectivity index (χ0v) is 11.8. The van der Waals surface area contributed by atoms with Gasteiger partial charge in [-0.2, -0.15) is 0 Å². The molecule has 0 aliphatic heterocycles. The van der Waals surface area contributed by atoms with Gasteiger partial charge in [-0.1, -0.05) is 30.3 Å². The van der Waals surface area contributed by atoms with Crippen LogP contribution in [0.25, 0.3) is 0 Å². The monoisotopic (exact) mass is 303 g/mol. The first-order valence-electron chi connectivity index (χ1n) is 6.08. The summed E-state index contributed by atoms with van der Waals surface area (Å²) in [6, 6.07) is 14.0. The third-order valence-corrected chi connectivity index (χ3v) is 2.77. The van der Waals surface area contributed by atoms with Crippen molar-refractivity contribution in [2.75, 3.05) is 5.32 Å². The number of benzene rings is 2. The number of nitro benzene ring substituents is 1. The van der Waals surface area contributed by atoms with Gasteiger partial charge in [0.05, 0.1) is 11.0 Å². The maximum absolute atomic E-state index is 11.1. The smallest absolute Gasteiger partial charge is 0.296 e. The van der Waals surface area contributed by atoms with Gasteiger partial charge in [-0.3, -0.25) is 10.1 Å². The largest absolute Gasteiger partial charge is 0.489 e. The average Bonchev–Trinajstić information content (AvgIpc) is 2.46. The highest BCUT2D eigenvalue weighted by Crippen LogP contribution is 2.29. The number of nitrogens with zero attached hydrogens (tertiary/aromatic N) is 1. The number of thiocarbonyl (C=S) groups is 1. The van der Waals surface area contributed by atoms with Gasteiger partial charge in [-0.25, -0.2) is 0 Å². The van der Waals surface area contributed by atoms with Crippen molar-refractivity contribution < 1.29 is 9.66 Å². The van der Waals surface area contributed by atoms with Crippen molar-refractivity contribution in [2.45, 2.75) is 6.61 Å². The van der Waals surface area contributed by atoms with Crippen molar-refractivity contribution in [3.63, 3.8) is 0 Å². The van der Waals surface area contributed by atoms with E-state index in [-0.39, 0.29) is 16.5 Å². The number of rotatable bonds is 5. The molecule has 2 aromatic carbocycles. The topological polar surface area (TPSA) is 90.4 Å². The van der Waals surface area contributed by atoms with E-state index in [2.05, 4.69) is 17.5 Å². The summed E-state index contributed by atoms with van der Waals surface area (Å²) in [5, 5.41) is 13.6. The molecule has 2 rings (SSSR count). The zero-order valence-electron chi connectivity index (χ0n) is 11.0. The van der Waals surface area contributed by atoms with E-state index in [1.165, 1.54) is 12.1 Å². The Morgan fingerprint density at radius 1 is 1.29 bits per heavy atom. The van der Waals surface area contributed by atoms with Crippen molar-refractivity contribution in [1.29, 1.82) is 0 Å². The van der Waals surface area contributed by atoms with Crippen LogP contribution in [0, 0.1) is 10.1 Å². The minimum absolute atomic E-state index is 0.0314. The molecule has 0 fully saturated rings. The molecule has 2 aromatic rings. The summed E-state index contributed by atoms with van der Waals surface area (Å²) < 4.78 is 5.55. The molecule has 0 spiro atoms. The van der Waals surface area contributed by atoms with Crippen LogP contribution < -0.4 is 15.8 Å². The van der Waals surface area contributed by atoms with Crippen molar-refractivity contribution in [3.05, 3.63) is 64.2 Å². The molecule has 0 radical (unpaired) electrons. The maximum atomic E-state index is 11.1. The molecule has 0 saturated carbocycles. The lowest BCUT2D eigenvalue weighted by atomic mass is 10.2. The number of nitrogens with two attached hydrogens (primary N) is 1. The Kier molecular flexibility index (Phi) is 4.68. The Morgan fingerprint density at radius 3 is 2.62 bits per heavy atom. The van der Waals surface area contributed by atoms with E-state index in [0.717, 1.165) is 5.56 Å². The molecule has 0 aromatic heterocycles. The van der Waals surface area contributed by atoms with Crippen LogP contribution >= 0.6 is 12.2 Å². The summed E-state index contributed by atoms with van der Waals surface area (Å²) in [6.45, 7) is 0.333. The van der Waals surface area contributed by atoms with Crippen LogP contribution in [0.1, 0.15) is 5.56 Å². The first kappa shape index (κ1) is 14.7. The van der Waals surface area contributed by atoms with Gasteiger partial charge in [0, 0.05) is 0 Å². The number of hydrogen-bond donors (Lipinski definition) is 2. The third-order valence-electron chi connectivity index (χ3n) is 2.67. The Morgan fingerprint density at radius 2 is 2.00 bits per heavy atom. The van der Waals surface area contributed by atoms with Crippen molar-refractivity contribution in [1.82, 2.24) is 0 Å². The quantitative estimate of drug-likeness (QED) is 0.501. The number of ether oxygens (including phenoxy) is 1. The highest BCUT2D eigenvalue weighted by Gasteiger charge is 2.15. The van der Waals surface area contributed by atoms with Crippen molar-refractivity contribution >= 4 is 28.7 Å². The molecule has 0 bridgehead atoms. The fourth-order valence-corrected chi connectivity index (χ4v) is 1.84. The van der Waals surface area contributed by atoms with Crippen LogP contribution in [0.3, 0.4) is 0 Å². The van der Waals surface area contributed by atoms with Gasteiger partial charge in [0.2, 0.25) is 0 Å². The van der Waals surface area contributed by atoms with Crippen LogP contribution in [0.2, 0.25) is 0 Å². The molecule has 0 saturated heterocycles. The van der Waals surface area contributed by atoms with Gasteiger partial charge >= 0.3 is 0 Å². The number of nitro groups is 1. The fourth-order valence-electron chi connectivity index (χ4n) is 1.73. The van der Waals surface area contributed by atoms with E-state index < -0.39 is 4.92 Å². The first-order valence-corrected chi connectivity index (χ1v) is 6.48. The van der Waals surface area contributed by atoms with E-state index in [1.807, 2.05) is 30.3 Å². The van der Waals surface area contributed by atoms with Crippen LogP contribution in [0.4, 0.5) is 11.4 Å². The number of anilines is 1. The summed E-state index contributed by atoms with van der Waals surface area (Å²) >= 11 is 4.68. The fraction of sp³-hybridized carbons (Fsp3) is 0.0714. The lowest BCUT2D eigenvalue weighted by molar-refractivity contribution is -0.384. The summed E-state index contributed by atoms with van der Waals surface area (Å²) in [5.41, 5.74) is 6.40. The molecular formula is C14H13N3O3S. The highest BCUT2D eigenvalue weighted by molar-refractivity contribution is 7.80. The summed E-state index contributed by atoms with van der Waals surface area (Å²) in [6.07, 6.45) is 0. The molecule has 0 amide bonds. The van der Waals surface area contributed by atoms with Gasteiger partial charge in [-0.05, 0) is 29.9 Å². The second-order valence-electron chi connectivity index (χ2n) is 4.20. The lowest BCUT2D eigenvalue weighted by Crippen LogP contribution is -2.19. The molecule has 21 heavy (non-hydrogen) atoms. The molecule has 108 valence electrons. The van der Waals surface area contributed by atoms with Gasteiger partial charge in [0.15, 0.2) is 5.11 Å². The van der Waals surface area contributed by atoms with Crippen molar-refractivity contribution in [3.8, 4) is 5.75 Å². The number of nitrogens with one attached hydrogen (secondary N) is 1. The summed E-state index contributed by atoms with van der Waals surface area (Å²) in [7, 11) is 0. The van der Waals surface area contributed by atoms with Crippen LogP contribution in [-0.2, 0) is 6.61 Å². The van der Waals surface area contributed by atoms with Gasteiger partial charge < -0.3 is 15.8 Å². The maximum Gasteiger partial charge on any atom is 0.296 e. The van der Waals surface area contributed by atoms with E-state index in [0.29, 0.717) is 12.4 Å². The van der Waals surface area contributed by atoms with Crippen molar-refractivity contribution in [2.24, 2.45) is 5.73 Å². The minimum atomic E-state index is -0.518. The van der Waals surface area contributed by atoms with Gasteiger partial charge in [0.1, 0.15) is 18.0 Å². The second-order valence-corrected chi connectivity index (χ2v) is 4.64. The van der Waals surface area contributed by atoms with E-state index in [1.54, 1.807) is 6.07 Å². The third kappa shape index (κ3) is 4.15.